The molecule has 0 saturated heterocycles. The zero-order valence-corrected chi connectivity index (χ0v) is 13.2. The molecule has 1 N–H and O–H groups in total. The number of oxime groups is 1. The zero-order valence-electron chi connectivity index (χ0n) is 13.2. The number of para-hydroxylation sites is 1. The summed E-state index contributed by atoms with van der Waals surface area (Å²) >= 11 is 0. The first-order chi connectivity index (χ1) is 10.6. The molecule has 0 aliphatic carbocycles. The molecule has 0 fully saturated rings. The van der Waals surface area contributed by atoms with Crippen LogP contribution in [0.25, 0.3) is 0 Å². The first-order valence-electron chi connectivity index (χ1n) is 7.59. The molecule has 3 nitrogen and oxygen atoms in total. The maximum absolute atomic E-state index is 9.41. The molecule has 22 heavy (non-hydrogen) atoms. The van der Waals surface area contributed by atoms with Gasteiger partial charge in [0.1, 0.15) is 5.75 Å². The molecule has 0 atom stereocenters. The minimum atomic E-state index is -0.212. The summed E-state index contributed by atoms with van der Waals surface area (Å²) in [7, 11) is 0. The Morgan fingerprint density at radius 3 is 2.18 bits per heavy atom. The van der Waals surface area contributed by atoms with E-state index in [1.807, 2.05) is 60.7 Å². The molecule has 2 aromatic rings. The topological polar surface area (TPSA) is 41.8 Å². The Morgan fingerprint density at radius 2 is 1.59 bits per heavy atom. The van der Waals surface area contributed by atoms with Crippen LogP contribution in [0.4, 0.5) is 0 Å². The van der Waals surface area contributed by atoms with Crippen LogP contribution in [0, 0.1) is 5.41 Å². The minimum absolute atomic E-state index is 0.212. The molecule has 0 aromatic heterocycles. The maximum Gasteiger partial charge on any atom is 0.119 e. The molecule has 0 unspecified atom stereocenters. The first-order valence-corrected chi connectivity index (χ1v) is 7.59. The standard InChI is InChI=1S/C19H23NO2/c1-19(2,18(20-21)16-10-5-3-6-11-16)14-9-15-22-17-12-7-4-8-13-17/h3-8,10-13,21H,9,14-15H2,1-2H3/b20-18+. The van der Waals surface area contributed by atoms with E-state index in [4.69, 9.17) is 4.74 Å². The third kappa shape index (κ3) is 4.35. The lowest BCUT2D eigenvalue weighted by Crippen LogP contribution is -2.26. The number of ether oxygens (including phenoxy) is 1. The van der Waals surface area contributed by atoms with Crippen molar-refractivity contribution in [3.63, 3.8) is 0 Å². The lowest BCUT2D eigenvalue weighted by Gasteiger charge is -2.26. The van der Waals surface area contributed by atoms with Crippen molar-refractivity contribution in [1.82, 2.24) is 0 Å². The predicted molar refractivity (Wildman–Crippen MR) is 89.7 cm³/mol. The molecular weight excluding hydrogens is 274 g/mol. The van der Waals surface area contributed by atoms with Gasteiger partial charge in [0.2, 0.25) is 0 Å². The van der Waals surface area contributed by atoms with Crippen molar-refractivity contribution in [2.45, 2.75) is 26.7 Å². The normalized spacial score (nSPS) is 12.2. The summed E-state index contributed by atoms with van der Waals surface area (Å²) in [6.45, 7) is 4.84. The molecule has 2 rings (SSSR count). The third-order valence-electron chi connectivity index (χ3n) is 3.75. The van der Waals surface area contributed by atoms with Gasteiger partial charge < -0.3 is 9.94 Å². The molecule has 0 saturated carbocycles. The predicted octanol–water partition coefficient (Wildman–Crippen LogP) is 4.75. The Labute approximate surface area is 132 Å². The van der Waals surface area contributed by atoms with Crippen molar-refractivity contribution < 1.29 is 9.94 Å². The van der Waals surface area contributed by atoms with Gasteiger partial charge in [-0.1, -0.05) is 67.5 Å². The lowest BCUT2D eigenvalue weighted by molar-refractivity contribution is 0.279. The van der Waals surface area contributed by atoms with Crippen LogP contribution in [0.1, 0.15) is 32.3 Å². The molecule has 0 spiro atoms. The van der Waals surface area contributed by atoms with E-state index < -0.39 is 0 Å². The second kappa shape index (κ2) is 7.64. The fourth-order valence-electron chi connectivity index (χ4n) is 2.52. The average Bonchev–Trinajstić information content (AvgIpc) is 2.54. The van der Waals surface area contributed by atoms with Crippen LogP contribution in [-0.4, -0.2) is 17.5 Å². The van der Waals surface area contributed by atoms with E-state index in [9.17, 15) is 5.21 Å². The smallest absolute Gasteiger partial charge is 0.119 e. The Balaban J connectivity index is 1.90. The summed E-state index contributed by atoms with van der Waals surface area (Å²) < 4.78 is 5.72. The van der Waals surface area contributed by atoms with Gasteiger partial charge >= 0.3 is 0 Å². The van der Waals surface area contributed by atoms with E-state index in [1.165, 1.54) is 0 Å². The second-order valence-corrected chi connectivity index (χ2v) is 5.96. The van der Waals surface area contributed by atoms with Crippen LogP contribution >= 0.6 is 0 Å². The third-order valence-corrected chi connectivity index (χ3v) is 3.75. The highest BCUT2D eigenvalue weighted by Gasteiger charge is 2.26. The summed E-state index contributed by atoms with van der Waals surface area (Å²) in [6.07, 6.45) is 1.78. The van der Waals surface area contributed by atoms with Gasteiger partial charge in [0.25, 0.3) is 0 Å². The average molecular weight is 297 g/mol. The highest BCUT2D eigenvalue weighted by molar-refractivity contribution is 6.03. The Morgan fingerprint density at radius 1 is 1.00 bits per heavy atom. The van der Waals surface area contributed by atoms with Gasteiger partial charge in [-0.25, -0.2) is 0 Å². The van der Waals surface area contributed by atoms with Crippen LogP contribution in [0.3, 0.4) is 0 Å². The van der Waals surface area contributed by atoms with Crippen LogP contribution in [-0.2, 0) is 0 Å². The van der Waals surface area contributed by atoms with Crippen LogP contribution in [0.15, 0.2) is 65.8 Å². The van der Waals surface area contributed by atoms with Gasteiger partial charge in [0, 0.05) is 5.41 Å². The van der Waals surface area contributed by atoms with E-state index >= 15 is 0 Å². The summed E-state index contributed by atoms with van der Waals surface area (Å²) in [6, 6.07) is 19.6. The zero-order chi connectivity index (χ0) is 15.8. The van der Waals surface area contributed by atoms with Crippen molar-refractivity contribution in [3.8, 4) is 5.75 Å². The summed E-state index contributed by atoms with van der Waals surface area (Å²) in [5, 5.41) is 12.9. The van der Waals surface area contributed by atoms with Crippen molar-refractivity contribution in [1.29, 1.82) is 0 Å². The van der Waals surface area contributed by atoms with Crippen molar-refractivity contribution in [3.05, 3.63) is 66.2 Å². The monoisotopic (exact) mass is 297 g/mol. The molecule has 0 amide bonds. The lowest BCUT2D eigenvalue weighted by atomic mass is 9.79. The fourth-order valence-corrected chi connectivity index (χ4v) is 2.52. The van der Waals surface area contributed by atoms with E-state index in [0.29, 0.717) is 12.3 Å². The van der Waals surface area contributed by atoms with Gasteiger partial charge in [-0.15, -0.1) is 0 Å². The molecule has 0 radical (unpaired) electrons. The molecule has 3 heteroatoms. The SMILES string of the molecule is CC(C)(CCCOc1ccccc1)/C(=N/O)c1ccccc1. The quantitative estimate of drug-likeness (QED) is 0.347. The van der Waals surface area contributed by atoms with Gasteiger partial charge in [-0.2, -0.15) is 0 Å². The highest BCUT2D eigenvalue weighted by Crippen LogP contribution is 2.28. The molecule has 0 heterocycles. The Kier molecular flexibility index (Phi) is 5.59. The second-order valence-electron chi connectivity index (χ2n) is 5.96. The van der Waals surface area contributed by atoms with E-state index in [-0.39, 0.29) is 5.41 Å². The summed E-state index contributed by atoms with van der Waals surface area (Å²) in [5.74, 6) is 0.888. The van der Waals surface area contributed by atoms with E-state index in [0.717, 1.165) is 24.2 Å². The number of nitrogens with zero attached hydrogens (tertiary/aromatic N) is 1. The molecule has 0 aliphatic heterocycles. The molecule has 0 aliphatic rings. The maximum atomic E-state index is 9.41. The number of rotatable bonds is 7. The van der Waals surface area contributed by atoms with E-state index in [2.05, 4.69) is 19.0 Å². The van der Waals surface area contributed by atoms with Crippen molar-refractivity contribution >= 4 is 5.71 Å². The molecule has 116 valence electrons. The Bertz CT molecular complexity index is 591. The van der Waals surface area contributed by atoms with Crippen LogP contribution in [0.2, 0.25) is 0 Å². The Hall–Kier alpha value is -2.29. The van der Waals surface area contributed by atoms with Gasteiger partial charge in [0.15, 0.2) is 0 Å². The molecule has 2 aromatic carbocycles. The van der Waals surface area contributed by atoms with Crippen molar-refractivity contribution in [2.24, 2.45) is 10.6 Å². The molecular formula is C19H23NO2. The molecule has 0 bridgehead atoms. The van der Waals surface area contributed by atoms with E-state index in [1.54, 1.807) is 0 Å². The van der Waals surface area contributed by atoms with Gasteiger partial charge in [-0.3, -0.25) is 0 Å². The number of hydrogen-bond acceptors (Lipinski definition) is 3. The highest BCUT2D eigenvalue weighted by atomic mass is 16.5. The van der Waals surface area contributed by atoms with Crippen LogP contribution in [0.5, 0.6) is 5.75 Å². The summed E-state index contributed by atoms with van der Waals surface area (Å²) in [5.41, 5.74) is 1.46. The summed E-state index contributed by atoms with van der Waals surface area (Å²) in [4.78, 5) is 0. The van der Waals surface area contributed by atoms with Gasteiger partial charge in [-0.05, 0) is 30.5 Å². The number of hydrogen-bond donors (Lipinski definition) is 1. The van der Waals surface area contributed by atoms with Crippen molar-refractivity contribution in [2.75, 3.05) is 6.61 Å². The first kappa shape index (κ1) is 16.1. The largest absolute Gasteiger partial charge is 0.494 e. The fraction of sp³-hybridized carbons (Fsp3) is 0.316. The van der Waals surface area contributed by atoms with Gasteiger partial charge in [0.05, 0.1) is 12.3 Å². The minimum Gasteiger partial charge on any atom is -0.494 e. The van der Waals surface area contributed by atoms with Crippen LogP contribution < -0.4 is 4.74 Å². The number of benzene rings is 2.